The first-order valence-corrected chi connectivity index (χ1v) is 15.5. The molecule has 6 rings (SSSR count). The van der Waals surface area contributed by atoms with E-state index in [2.05, 4.69) is 31.2 Å². The first kappa shape index (κ1) is 29.9. The summed E-state index contributed by atoms with van der Waals surface area (Å²) in [5.41, 5.74) is 7.81. The molecule has 0 radical (unpaired) electrons. The zero-order valence-corrected chi connectivity index (χ0v) is 25.6. The predicted octanol–water partition coefficient (Wildman–Crippen LogP) is 6.34. The number of hydrogen-bond donors (Lipinski definition) is 5. The van der Waals surface area contributed by atoms with Crippen molar-refractivity contribution in [1.82, 2.24) is 15.2 Å². The lowest BCUT2D eigenvalue weighted by atomic mass is 10.0. The van der Waals surface area contributed by atoms with Crippen LogP contribution in [0.25, 0.3) is 11.6 Å². The van der Waals surface area contributed by atoms with Gasteiger partial charge in [-0.3, -0.25) is 14.4 Å². The van der Waals surface area contributed by atoms with Crippen LogP contribution >= 0.6 is 0 Å². The second-order valence-corrected chi connectivity index (χ2v) is 11.6. The molecule has 4 aromatic rings. The summed E-state index contributed by atoms with van der Waals surface area (Å²) in [6.07, 6.45) is 5.27. The fraction of sp³-hybridized carbons (Fsp3) is 0.250. The van der Waals surface area contributed by atoms with Gasteiger partial charge >= 0.3 is 0 Å². The summed E-state index contributed by atoms with van der Waals surface area (Å²) in [6.45, 7) is 7.74. The SMILES string of the molecule is Cc1[nH]c(/C=C2\C(=O)Nc3cc(Nc4cccc(NC(=O)c5ccccc5)c4)ccc32)c(C)c1C(=O)NCCCN1CCCC1. The molecule has 5 N–H and O–H groups in total. The summed E-state index contributed by atoms with van der Waals surface area (Å²) in [5, 5.41) is 12.3. The summed E-state index contributed by atoms with van der Waals surface area (Å²) in [6, 6.07) is 22.2. The number of nitrogens with one attached hydrogen (secondary N) is 5. The Hall–Kier alpha value is -5.15. The quantitative estimate of drug-likeness (QED) is 0.107. The highest BCUT2D eigenvalue weighted by molar-refractivity contribution is 6.35. The van der Waals surface area contributed by atoms with E-state index >= 15 is 0 Å². The molecule has 3 amide bonds. The van der Waals surface area contributed by atoms with Gasteiger partial charge < -0.3 is 31.2 Å². The van der Waals surface area contributed by atoms with Gasteiger partial charge in [-0.1, -0.05) is 30.3 Å². The van der Waals surface area contributed by atoms with Crippen molar-refractivity contribution < 1.29 is 14.4 Å². The Balaban J connectivity index is 1.13. The van der Waals surface area contributed by atoms with Crippen molar-refractivity contribution in [3.63, 3.8) is 0 Å². The van der Waals surface area contributed by atoms with Gasteiger partial charge in [0.1, 0.15) is 0 Å². The number of amides is 3. The average Bonchev–Trinajstić information content (AvgIpc) is 3.73. The minimum atomic E-state index is -0.202. The van der Waals surface area contributed by atoms with Gasteiger partial charge in [0.25, 0.3) is 17.7 Å². The highest BCUT2D eigenvalue weighted by Crippen LogP contribution is 2.36. The molecule has 0 atom stereocenters. The molecule has 0 aliphatic carbocycles. The van der Waals surface area contributed by atoms with Gasteiger partial charge in [-0.25, -0.2) is 0 Å². The Labute approximate surface area is 263 Å². The normalized spacial score (nSPS) is 15.2. The molecule has 2 aliphatic rings. The van der Waals surface area contributed by atoms with Crippen molar-refractivity contribution >= 4 is 52.1 Å². The third-order valence-electron chi connectivity index (χ3n) is 8.37. The summed E-state index contributed by atoms with van der Waals surface area (Å²) in [5.74, 6) is -0.476. The lowest BCUT2D eigenvalue weighted by Crippen LogP contribution is -2.29. The van der Waals surface area contributed by atoms with E-state index in [1.54, 1.807) is 12.1 Å². The van der Waals surface area contributed by atoms with Crippen LogP contribution in [0, 0.1) is 13.8 Å². The molecular weight excluding hydrogens is 564 g/mol. The van der Waals surface area contributed by atoms with E-state index in [0.717, 1.165) is 59.9 Å². The summed E-state index contributed by atoms with van der Waals surface area (Å²) < 4.78 is 0. The lowest BCUT2D eigenvalue weighted by molar-refractivity contribution is -0.110. The number of anilines is 4. The molecule has 9 nitrogen and oxygen atoms in total. The Morgan fingerprint density at radius 1 is 0.889 bits per heavy atom. The van der Waals surface area contributed by atoms with Crippen LogP contribution in [0.3, 0.4) is 0 Å². The molecule has 0 spiro atoms. The van der Waals surface area contributed by atoms with Gasteiger partial charge in [0.05, 0.1) is 16.8 Å². The van der Waals surface area contributed by atoms with Crippen molar-refractivity contribution in [3.05, 3.63) is 106 Å². The topological polar surface area (TPSA) is 118 Å². The van der Waals surface area contributed by atoms with E-state index < -0.39 is 0 Å². The van der Waals surface area contributed by atoms with Gasteiger partial charge in [-0.05, 0) is 107 Å². The van der Waals surface area contributed by atoms with Crippen LogP contribution in [0.15, 0.2) is 72.8 Å². The molecule has 1 aromatic heterocycles. The van der Waals surface area contributed by atoms with E-state index in [1.165, 1.54) is 12.8 Å². The number of aromatic nitrogens is 1. The van der Waals surface area contributed by atoms with Crippen LogP contribution in [0.2, 0.25) is 0 Å². The van der Waals surface area contributed by atoms with Crippen molar-refractivity contribution in [2.24, 2.45) is 0 Å². The molecule has 230 valence electrons. The molecule has 0 unspecified atom stereocenters. The number of carbonyl (C=O) groups excluding carboxylic acids is 3. The van der Waals surface area contributed by atoms with Crippen molar-refractivity contribution in [1.29, 1.82) is 0 Å². The first-order valence-electron chi connectivity index (χ1n) is 15.5. The Morgan fingerprint density at radius 3 is 2.44 bits per heavy atom. The van der Waals surface area contributed by atoms with Crippen molar-refractivity contribution in [2.75, 3.05) is 42.1 Å². The highest BCUT2D eigenvalue weighted by atomic mass is 16.2. The molecule has 45 heavy (non-hydrogen) atoms. The molecular formula is C36H38N6O3. The summed E-state index contributed by atoms with van der Waals surface area (Å²) >= 11 is 0. The molecule has 2 aliphatic heterocycles. The fourth-order valence-electron chi connectivity index (χ4n) is 6.05. The smallest absolute Gasteiger partial charge is 0.256 e. The maximum absolute atomic E-state index is 13.1. The molecule has 0 saturated carbocycles. The van der Waals surface area contributed by atoms with Crippen LogP contribution in [-0.4, -0.2) is 53.8 Å². The minimum Gasteiger partial charge on any atom is -0.358 e. The van der Waals surface area contributed by atoms with Gasteiger partial charge in [0.2, 0.25) is 0 Å². The number of H-pyrrole nitrogens is 1. The first-order chi connectivity index (χ1) is 21.9. The van der Waals surface area contributed by atoms with Crippen LogP contribution in [0.4, 0.5) is 22.7 Å². The van der Waals surface area contributed by atoms with Crippen LogP contribution in [0.1, 0.15) is 62.5 Å². The Kier molecular flexibility index (Phi) is 8.79. The number of carbonyl (C=O) groups is 3. The maximum Gasteiger partial charge on any atom is 0.256 e. The van der Waals surface area contributed by atoms with E-state index in [9.17, 15) is 14.4 Å². The number of aromatic amines is 1. The highest BCUT2D eigenvalue weighted by Gasteiger charge is 2.26. The minimum absolute atomic E-state index is 0.0944. The van der Waals surface area contributed by atoms with Crippen molar-refractivity contribution in [3.8, 4) is 0 Å². The molecule has 3 heterocycles. The molecule has 9 heteroatoms. The lowest BCUT2D eigenvalue weighted by Gasteiger charge is -2.14. The zero-order chi connectivity index (χ0) is 31.3. The molecule has 1 fully saturated rings. The molecule has 1 saturated heterocycles. The van der Waals surface area contributed by atoms with Gasteiger partial charge in [-0.15, -0.1) is 0 Å². The number of aryl methyl sites for hydroxylation is 1. The predicted molar refractivity (Wildman–Crippen MR) is 180 cm³/mol. The number of likely N-dealkylation sites (tertiary alicyclic amines) is 1. The maximum atomic E-state index is 13.1. The van der Waals surface area contributed by atoms with Gasteiger partial charge in [-0.2, -0.15) is 0 Å². The standard InChI is InChI=1S/C36H38N6O3/c1-23-31(38-24(2)33(23)36(45)37-16-9-19-42-17-6-7-18-42)22-30-29-15-14-28(21-32(29)41-35(30)44)39-26-12-8-13-27(20-26)40-34(43)25-10-4-3-5-11-25/h3-5,8,10-15,20-22,38-39H,6-7,9,16-19H2,1-2H3,(H,37,45)(H,40,43)(H,41,44)/b30-22-. The Bertz CT molecular complexity index is 1770. The van der Waals surface area contributed by atoms with Crippen LogP contribution in [0.5, 0.6) is 0 Å². The van der Waals surface area contributed by atoms with Crippen LogP contribution in [-0.2, 0) is 4.79 Å². The number of rotatable bonds is 10. The molecule has 0 bridgehead atoms. The molecule has 3 aromatic carbocycles. The van der Waals surface area contributed by atoms with E-state index in [0.29, 0.717) is 34.6 Å². The van der Waals surface area contributed by atoms with E-state index in [-0.39, 0.29) is 17.7 Å². The van der Waals surface area contributed by atoms with Crippen molar-refractivity contribution in [2.45, 2.75) is 33.1 Å². The summed E-state index contributed by atoms with van der Waals surface area (Å²) in [4.78, 5) is 44.4. The summed E-state index contributed by atoms with van der Waals surface area (Å²) in [7, 11) is 0. The van der Waals surface area contributed by atoms with Gasteiger partial charge in [0.15, 0.2) is 0 Å². The average molecular weight is 603 g/mol. The monoisotopic (exact) mass is 602 g/mol. The second kappa shape index (κ2) is 13.2. The number of benzene rings is 3. The van der Waals surface area contributed by atoms with Gasteiger partial charge in [0, 0.05) is 46.1 Å². The van der Waals surface area contributed by atoms with Crippen LogP contribution < -0.4 is 21.3 Å². The largest absolute Gasteiger partial charge is 0.358 e. The second-order valence-electron chi connectivity index (χ2n) is 11.6. The Morgan fingerprint density at radius 2 is 1.64 bits per heavy atom. The number of nitrogens with zero attached hydrogens (tertiary/aromatic N) is 1. The number of fused-ring (bicyclic) bond motifs is 1. The zero-order valence-electron chi connectivity index (χ0n) is 25.6. The number of hydrogen-bond acceptors (Lipinski definition) is 5. The third kappa shape index (κ3) is 6.84. The third-order valence-corrected chi connectivity index (χ3v) is 8.37. The van der Waals surface area contributed by atoms with E-state index in [1.807, 2.05) is 80.6 Å². The van der Waals surface area contributed by atoms with E-state index in [4.69, 9.17) is 0 Å². The fourth-order valence-corrected chi connectivity index (χ4v) is 6.05.